The van der Waals surface area contributed by atoms with Gasteiger partial charge in [-0.25, -0.2) is 8.78 Å². The molecule has 134 valence electrons. The topological polar surface area (TPSA) is 119 Å². The Kier molecular flexibility index (Phi) is 4.37. The van der Waals surface area contributed by atoms with Crippen LogP contribution in [0.5, 0.6) is 0 Å². The summed E-state index contributed by atoms with van der Waals surface area (Å²) in [6.07, 6.45) is 0. The zero-order valence-electron chi connectivity index (χ0n) is 14.1. The van der Waals surface area contributed by atoms with Crippen LogP contribution in [0.1, 0.15) is 13.8 Å². The zero-order valence-corrected chi connectivity index (χ0v) is 14.1. The first-order valence-corrected chi connectivity index (χ1v) is 7.77. The maximum Gasteiger partial charge on any atom is 0.293 e. The Balaban J connectivity index is 2.17. The van der Waals surface area contributed by atoms with Gasteiger partial charge in [-0.3, -0.25) is 0 Å². The van der Waals surface area contributed by atoms with Crippen molar-refractivity contribution in [1.82, 2.24) is 10.1 Å². The van der Waals surface area contributed by atoms with Crippen LogP contribution < -0.4 is 16.1 Å². The van der Waals surface area contributed by atoms with Gasteiger partial charge in [0.2, 0.25) is 5.82 Å². The van der Waals surface area contributed by atoms with Crippen molar-refractivity contribution in [3.8, 4) is 22.7 Å². The molecule has 0 aliphatic rings. The number of hydrogen-bond acceptors (Lipinski definition) is 6. The second kappa shape index (κ2) is 6.51. The molecule has 0 bridgehead atoms. The summed E-state index contributed by atoms with van der Waals surface area (Å²) in [4.78, 5) is 3.99. The first kappa shape index (κ1) is 17.5. The van der Waals surface area contributed by atoms with Crippen LogP contribution in [0.15, 0.2) is 34.7 Å². The minimum Gasteiger partial charge on any atom is -0.421 e. The highest BCUT2D eigenvalue weighted by molar-refractivity contribution is 5.77. The highest BCUT2D eigenvalue weighted by Gasteiger charge is 2.23. The number of nitrogens with zero attached hydrogens (tertiary/aromatic N) is 3. The number of oxazole rings is 1. The maximum absolute atomic E-state index is 14.2. The highest BCUT2D eigenvalue weighted by atomic mass is 19.1. The Labute approximate surface area is 147 Å². The van der Waals surface area contributed by atoms with E-state index < -0.39 is 11.6 Å². The van der Waals surface area contributed by atoms with Crippen molar-refractivity contribution in [3.63, 3.8) is 0 Å². The summed E-state index contributed by atoms with van der Waals surface area (Å²) in [6, 6.07) is 6.00. The van der Waals surface area contributed by atoms with E-state index in [1.165, 1.54) is 10.7 Å². The minimum atomic E-state index is -0.808. The molecular formula is C17H17F2N6O+. The van der Waals surface area contributed by atoms with Crippen molar-refractivity contribution >= 4 is 17.7 Å². The van der Waals surface area contributed by atoms with E-state index in [0.29, 0.717) is 0 Å². The minimum absolute atomic E-state index is 0.0194. The van der Waals surface area contributed by atoms with Gasteiger partial charge in [0.05, 0.1) is 0 Å². The van der Waals surface area contributed by atoms with Gasteiger partial charge in [0.1, 0.15) is 23.0 Å². The molecule has 0 spiro atoms. The second-order valence-corrected chi connectivity index (χ2v) is 5.95. The van der Waals surface area contributed by atoms with Gasteiger partial charge in [0.25, 0.3) is 11.9 Å². The van der Waals surface area contributed by atoms with Crippen molar-refractivity contribution in [1.29, 1.82) is 5.41 Å². The molecule has 7 nitrogen and oxygen atoms in total. The third-order valence-electron chi connectivity index (χ3n) is 3.70. The molecule has 0 saturated heterocycles. The van der Waals surface area contributed by atoms with E-state index in [1.807, 2.05) is 13.8 Å². The van der Waals surface area contributed by atoms with Gasteiger partial charge in [0.15, 0.2) is 5.76 Å². The lowest BCUT2D eigenvalue weighted by atomic mass is 10.1. The first-order valence-electron chi connectivity index (χ1n) is 7.77. The molecule has 3 aromatic rings. The molecule has 0 saturated carbocycles. The number of anilines is 2. The summed E-state index contributed by atoms with van der Waals surface area (Å²) in [5.41, 5.74) is 11.9. The lowest BCUT2D eigenvalue weighted by Crippen LogP contribution is -2.50. The van der Waals surface area contributed by atoms with Crippen molar-refractivity contribution in [2.24, 2.45) is 5.92 Å². The second-order valence-electron chi connectivity index (χ2n) is 5.95. The van der Waals surface area contributed by atoms with Crippen molar-refractivity contribution in [3.05, 3.63) is 42.0 Å². The van der Waals surface area contributed by atoms with E-state index >= 15 is 0 Å². The van der Waals surface area contributed by atoms with Crippen LogP contribution in [0.4, 0.5) is 20.6 Å². The Morgan fingerprint density at radius 2 is 1.92 bits per heavy atom. The number of benzene rings is 1. The van der Waals surface area contributed by atoms with Gasteiger partial charge in [-0.05, 0) is 18.2 Å². The van der Waals surface area contributed by atoms with Crippen LogP contribution in [0, 0.1) is 23.0 Å². The van der Waals surface area contributed by atoms with Gasteiger partial charge < -0.3 is 15.9 Å². The Morgan fingerprint density at radius 3 is 2.58 bits per heavy atom. The molecule has 5 N–H and O–H groups in total. The van der Waals surface area contributed by atoms with Gasteiger partial charge in [0, 0.05) is 23.6 Å². The molecule has 0 atom stereocenters. The summed E-state index contributed by atoms with van der Waals surface area (Å²) >= 11 is 0. The molecular weight excluding hydrogens is 342 g/mol. The molecule has 2 aromatic heterocycles. The molecule has 0 fully saturated rings. The van der Waals surface area contributed by atoms with E-state index in [4.69, 9.17) is 21.3 Å². The number of aromatic nitrogens is 3. The van der Waals surface area contributed by atoms with Crippen LogP contribution in [-0.2, 0) is 0 Å². The monoisotopic (exact) mass is 359 g/mol. The smallest absolute Gasteiger partial charge is 0.293 e. The molecule has 3 rings (SSSR count). The summed E-state index contributed by atoms with van der Waals surface area (Å²) in [5, 5.41) is 12.4. The van der Waals surface area contributed by atoms with Crippen LogP contribution in [-0.4, -0.2) is 15.9 Å². The average Bonchev–Trinajstić information content (AvgIpc) is 2.96. The fourth-order valence-electron chi connectivity index (χ4n) is 2.37. The normalized spacial score (nSPS) is 11.1. The van der Waals surface area contributed by atoms with E-state index in [2.05, 4.69) is 10.1 Å². The molecule has 0 aliphatic carbocycles. The fourth-order valence-corrected chi connectivity index (χ4v) is 2.37. The Bertz CT molecular complexity index is 999. The zero-order chi connectivity index (χ0) is 19.0. The number of hydrogen-bond donors (Lipinski definition) is 3. The predicted octanol–water partition coefficient (Wildman–Crippen LogP) is 2.62. The summed E-state index contributed by atoms with van der Waals surface area (Å²) in [6.45, 7) is 3.66. The van der Waals surface area contributed by atoms with Crippen LogP contribution in [0.3, 0.4) is 0 Å². The number of rotatable bonds is 3. The van der Waals surface area contributed by atoms with Crippen LogP contribution in [0.2, 0.25) is 0 Å². The molecule has 1 aromatic carbocycles. The van der Waals surface area contributed by atoms with E-state index in [-0.39, 0.29) is 46.3 Å². The molecule has 2 heterocycles. The van der Waals surface area contributed by atoms with Crippen molar-refractivity contribution in [2.45, 2.75) is 13.8 Å². The van der Waals surface area contributed by atoms with Crippen LogP contribution in [0.25, 0.3) is 22.7 Å². The largest absolute Gasteiger partial charge is 0.421 e. The number of nitrogen functional groups attached to an aromatic ring is 2. The number of nitrogens with one attached hydrogen (secondary N) is 1. The molecule has 0 amide bonds. The van der Waals surface area contributed by atoms with E-state index in [1.54, 1.807) is 12.1 Å². The van der Waals surface area contributed by atoms with Gasteiger partial charge in [-0.1, -0.05) is 13.8 Å². The van der Waals surface area contributed by atoms with E-state index in [9.17, 15) is 8.78 Å². The summed E-state index contributed by atoms with van der Waals surface area (Å²) in [5.74, 6) is -1.12. The Morgan fingerprint density at radius 1 is 1.19 bits per heavy atom. The summed E-state index contributed by atoms with van der Waals surface area (Å²) < 4.78 is 34.0. The third-order valence-corrected chi connectivity index (χ3v) is 3.70. The fraction of sp³-hybridized carbons (Fsp3) is 0.176. The molecule has 0 radical (unpaired) electrons. The lowest BCUT2D eigenvalue weighted by Gasteiger charge is -2.07. The van der Waals surface area contributed by atoms with Gasteiger partial charge >= 0.3 is 0 Å². The molecule has 9 heteroatoms. The van der Waals surface area contributed by atoms with E-state index in [0.717, 1.165) is 12.1 Å². The quantitative estimate of drug-likeness (QED) is 0.377. The molecule has 26 heavy (non-hydrogen) atoms. The first-order chi connectivity index (χ1) is 12.3. The Hall–Kier alpha value is -3.36. The van der Waals surface area contributed by atoms with Gasteiger partial charge in [-0.2, -0.15) is 10.4 Å². The average molecular weight is 359 g/mol. The van der Waals surface area contributed by atoms with Crippen molar-refractivity contribution in [2.75, 3.05) is 11.5 Å². The standard InChI is InChI=1S/C17H16F2N6O/c1-8(2)16(21)25-13(20)6-5-12(24-25)15-14(23-17(22)26-15)10-4-3-9(18)7-11(10)19/h3-8,20-21H,1-2H3,(H2,22,23,24)/p+1. The lowest BCUT2D eigenvalue weighted by molar-refractivity contribution is -0.611. The third kappa shape index (κ3) is 3.10. The number of halogens is 2. The molecule has 0 unspecified atom stereocenters. The van der Waals surface area contributed by atoms with Gasteiger partial charge in [-0.15, -0.1) is 9.78 Å². The SMILES string of the molecule is CC(C)C(=N)[n+]1nc(-c2oc(N)nc2-c2ccc(F)cc2F)ccc1N. The van der Waals surface area contributed by atoms with Crippen LogP contribution >= 0.6 is 0 Å². The summed E-state index contributed by atoms with van der Waals surface area (Å²) in [7, 11) is 0. The van der Waals surface area contributed by atoms with Crippen molar-refractivity contribution < 1.29 is 17.9 Å². The molecule has 0 aliphatic heterocycles. The highest BCUT2D eigenvalue weighted by Crippen LogP contribution is 2.33. The predicted molar refractivity (Wildman–Crippen MR) is 92.1 cm³/mol. The number of nitrogens with two attached hydrogens (primary N) is 2. The maximum atomic E-state index is 14.2.